The zero-order chi connectivity index (χ0) is 21.4. The van der Waals surface area contributed by atoms with Crippen LogP contribution in [0.3, 0.4) is 0 Å². The number of rotatable bonds is 3. The molecule has 3 nitrogen and oxygen atoms in total. The Hall–Kier alpha value is -2.21. The summed E-state index contributed by atoms with van der Waals surface area (Å²) in [6.45, 7) is 4.04. The predicted molar refractivity (Wildman–Crippen MR) is 131 cm³/mol. The maximum atomic E-state index is 13.3. The molecule has 0 aliphatic carbocycles. The number of pyridine rings is 1. The summed E-state index contributed by atoms with van der Waals surface area (Å²) in [5.41, 5.74) is 5.87. The van der Waals surface area contributed by atoms with Crippen molar-refractivity contribution >= 4 is 66.0 Å². The highest BCUT2D eigenvalue weighted by Gasteiger charge is 2.17. The van der Waals surface area contributed by atoms with Crippen LogP contribution >= 0.6 is 43.5 Å². The van der Waals surface area contributed by atoms with Crippen LogP contribution in [-0.2, 0) is 0 Å². The van der Waals surface area contributed by atoms with Crippen molar-refractivity contribution in [2.24, 2.45) is 0 Å². The van der Waals surface area contributed by atoms with E-state index in [1.807, 2.05) is 56.3 Å². The van der Waals surface area contributed by atoms with E-state index < -0.39 is 0 Å². The van der Waals surface area contributed by atoms with Gasteiger partial charge in [0.25, 0.3) is 5.91 Å². The van der Waals surface area contributed by atoms with Crippen LogP contribution in [0.2, 0.25) is 5.02 Å². The number of nitrogens with one attached hydrogen (secondary N) is 1. The molecule has 1 aromatic heterocycles. The third-order valence-corrected chi connectivity index (χ3v) is 6.53. The molecule has 4 rings (SSSR count). The number of hydrogen-bond acceptors (Lipinski definition) is 2. The molecule has 0 saturated heterocycles. The van der Waals surface area contributed by atoms with Crippen LogP contribution < -0.4 is 5.32 Å². The van der Waals surface area contributed by atoms with Gasteiger partial charge in [-0.05, 0) is 71.7 Å². The van der Waals surface area contributed by atoms with Gasteiger partial charge in [-0.25, -0.2) is 4.98 Å². The summed E-state index contributed by atoms with van der Waals surface area (Å²) in [5, 5.41) is 4.28. The number of fused-ring (bicyclic) bond motifs is 1. The summed E-state index contributed by atoms with van der Waals surface area (Å²) >= 11 is 13.1. The Morgan fingerprint density at radius 1 is 0.967 bits per heavy atom. The zero-order valence-electron chi connectivity index (χ0n) is 16.3. The van der Waals surface area contributed by atoms with Gasteiger partial charge < -0.3 is 5.32 Å². The number of nitrogens with zero attached hydrogens (tertiary/aromatic N) is 1. The van der Waals surface area contributed by atoms with Gasteiger partial charge in [0.15, 0.2) is 0 Å². The Balaban J connectivity index is 1.86. The summed E-state index contributed by atoms with van der Waals surface area (Å²) in [6.07, 6.45) is 0. The number of hydrogen-bond donors (Lipinski definition) is 1. The topological polar surface area (TPSA) is 42.0 Å². The normalized spacial score (nSPS) is 11.0. The van der Waals surface area contributed by atoms with Crippen molar-refractivity contribution < 1.29 is 4.79 Å². The Kier molecular flexibility index (Phi) is 5.96. The second-order valence-corrected chi connectivity index (χ2v) is 9.30. The fourth-order valence-corrected chi connectivity index (χ4v) is 4.29. The van der Waals surface area contributed by atoms with Crippen LogP contribution in [-0.4, -0.2) is 10.9 Å². The van der Waals surface area contributed by atoms with E-state index >= 15 is 0 Å². The van der Waals surface area contributed by atoms with Gasteiger partial charge in [0.2, 0.25) is 0 Å². The number of benzene rings is 3. The van der Waals surface area contributed by atoms with E-state index in [2.05, 4.69) is 37.2 Å². The first-order chi connectivity index (χ1) is 14.3. The predicted octanol–water partition coefficient (Wildman–Crippen LogP) is 7.95. The van der Waals surface area contributed by atoms with E-state index in [0.29, 0.717) is 16.3 Å². The molecule has 1 N–H and O–H groups in total. The molecule has 0 aliphatic heterocycles. The van der Waals surface area contributed by atoms with Crippen LogP contribution in [0.25, 0.3) is 22.2 Å². The summed E-state index contributed by atoms with van der Waals surface area (Å²) in [6, 6.07) is 19.2. The van der Waals surface area contributed by atoms with Gasteiger partial charge in [-0.2, -0.15) is 0 Å². The second-order valence-electron chi connectivity index (χ2n) is 7.12. The number of anilines is 1. The highest BCUT2D eigenvalue weighted by molar-refractivity contribution is 9.10. The van der Waals surface area contributed by atoms with Crippen molar-refractivity contribution in [2.45, 2.75) is 13.8 Å². The lowest BCUT2D eigenvalue weighted by Gasteiger charge is -2.13. The van der Waals surface area contributed by atoms with E-state index in [1.54, 1.807) is 18.2 Å². The van der Waals surface area contributed by atoms with Crippen LogP contribution in [0.5, 0.6) is 0 Å². The van der Waals surface area contributed by atoms with Crippen LogP contribution in [0.4, 0.5) is 5.69 Å². The molecule has 0 saturated carbocycles. The molecule has 30 heavy (non-hydrogen) atoms. The van der Waals surface area contributed by atoms with Gasteiger partial charge in [0.05, 0.1) is 21.8 Å². The van der Waals surface area contributed by atoms with Gasteiger partial charge in [-0.15, -0.1) is 0 Å². The van der Waals surface area contributed by atoms with E-state index in [-0.39, 0.29) is 5.91 Å². The fourth-order valence-electron chi connectivity index (χ4n) is 3.29. The number of aryl methyl sites for hydroxylation is 2. The monoisotopic (exact) mass is 542 g/mol. The first kappa shape index (κ1) is 21.0. The molecule has 0 radical (unpaired) electrons. The average molecular weight is 545 g/mol. The molecule has 4 aromatic rings. The minimum atomic E-state index is -0.216. The molecule has 150 valence electrons. The largest absolute Gasteiger partial charge is 0.322 e. The van der Waals surface area contributed by atoms with Gasteiger partial charge >= 0.3 is 0 Å². The van der Waals surface area contributed by atoms with Crippen LogP contribution in [0, 0.1) is 13.8 Å². The van der Waals surface area contributed by atoms with E-state index in [9.17, 15) is 4.79 Å². The molecule has 1 amide bonds. The standard InChI is InChI=1S/C24H17Br2ClN2O/c1-13-3-5-15(6-4-13)22-12-19(18-10-16(25)9-14(2)23(18)29-22)24(30)28-17-7-8-20(26)21(27)11-17/h3-12H,1-2H3,(H,28,30). The van der Waals surface area contributed by atoms with Gasteiger partial charge in [0, 0.05) is 25.6 Å². The third-order valence-electron chi connectivity index (χ3n) is 4.84. The highest BCUT2D eigenvalue weighted by Crippen LogP contribution is 2.31. The Bertz CT molecular complexity index is 1290. The molecule has 0 fully saturated rings. The summed E-state index contributed by atoms with van der Waals surface area (Å²) in [4.78, 5) is 18.1. The van der Waals surface area contributed by atoms with Crippen molar-refractivity contribution in [3.8, 4) is 11.3 Å². The quantitative estimate of drug-likeness (QED) is 0.284. The molecule has 0 unspecified atom stereocenters. The van der Waals surface area contributed by atoms with Crippen molar-refractivity contribution in [1.29, 1.82) is 0 Å². The molecule has 3 aromatic carbocycles. The Labute approximate surface area is 196 Å². The number of aromatic nitrogens is 1. The van der Waals surface area contributed by atoms with E-state index in [1.165, 1.54) is 5.56 Å². The van der Waals surface area contributed by atoms with Gasteiger partial charge in [-0.1, -0.05) is 57.4 Å². The number of halogens is 3. The maximum Gasteiger partial charge on any atom is 0.256 e. The number of carbonyl (C=O) groups is 1. The van der Waals surface area contributed by atoms with Crippen molar-refractivity contribution in [3.05, 3.63) is 91.3 Å². The molecule has 0 atom stereocenters. The minimum absolute atomic E-state index is 0.216. The van der Waals surface area contributed by atoms with Gasteiger partial charge in [-0.3, -0.25) is 4.79 Å². The molecule has 0 bridgehead atoms. The van der Waals surface area contributed by atoms with E-state index in [4.69, 9.17) is 16.6 Å². The van der Waals surface area contributed by atoms with Crippen molar-refractivity contribution in [3.63, 3.8) is 0 Å². The highest BCUT2D eigenvalue weighted by atomic mass is 79.9. The molecule has 0 spiro atoms. The number of carbonyl (C=O) groups excluding carboxylic acids is 1. The SMILES string of the molecule is Cc1ccc(-c2cc(C(=O)Nc3ccc(Br)c(Cl)c3)c3cc(Br)cc(C)c3n2)cc1. The molecule has 1 heterocycles. The zero-order valence-corrected chi connectivity index (χ0v) is 20.2. The third kappa shape index (κ3) is 4.29. The number of amides is 1. The Morgan fingerprint density at radius 2 is 1.70 bits per heavy atom. The lowest BCUT2D eigenvalue weighted by Crippen LogP contribution is -2.13. The van der Waals surface area contributed by atoms with Gasteiger partial charge in [0.1, 0.15) is 0 Å². The van der Waals surface area contributed by atoms with E-state index in [0.717, 1.165) is 36.7 Å². The fraction of sp³-hybridized carbons (Fsp3) is 0.0833. The first-order valence-electron chi connectivity index (χ1n) is 9.26. The van der Waals surface area contributed by atoms with Crippen molar-refractivity contribution in [2.75, 3.05) is 5.32 Å². The van der Waals surface area contributed by atoms with Crippen LogP contribution in [0.15, 0.2) is 69.6 Å². The summed E-state index contributed by atoms with van der Waals surface area (Å²) in [7, 11) is 0. The average Bonchev–Trinajstić information content (AvgIpc) is 2.70. The second kappa shape index (κ2) is 8.50. The lowest BCUT2D eigenvalue weighted by molar-refractivity contribution is 0.102. The summed E-state index contributed by atoms with van der Waals surface area (Å²) < 4.78 is 1.68. The van der Waals surface area contributed by atoms with Crippen molar-refractivity contribution in [1.82, 2.24) is 4.98 Å². The summed E-state index contributed by atoms with van der Waals surface area (Å²) in [5.74, 6) is -0.216. The minimum Gasteiger partial charge on any atom is -0.322 e. The first-order valence-corrected chi connectivity index (χ1v) is 11.2. The lowest BCUT2D eigenvalue weighted by atomic mass is 10.0. The maximum absolute atomic E-state index is 13.3. The molecular weight excluding hydrogens is 528 g/mol. The smallest absolute Gasteiger partial charge is 0.256 e. The Morgan fingerprint density at radius 3 is 2.40 bits per heavy atom. The molecular formula is C24H17Br2ClN2O. The van der Waals surface area contributed by atoms with Crippen LogP contribution in [0.1, 0.15) is 21.5 Å². The molecule has 0 aliphatic rings. The molecule has 6 heteroatoms.